The standard InChI is InChI=1S/C17H14N4O4S.C10H8.2C3H8.3C2H6/c1-18-19-12-6-8-13(9-7-12)20-21-16-15(26-25-24-23)10-11-4-2-3-5-14(11)17(16)22;1-2-6-10-8-4-3-7-9(10)5-1;2*1-3-2;3*1-2/h2-10,22-23H,1H3;1-8H;2*3H2,1-2H3;3*1-2H3. The molecule has 0 aliphatic rings. The molecule has 0 saturated carbocycles. The smallest absolute Gasteiger partial charge is 0.152 e. The molecule has 2 N–H and O–H groups in total. The minimum Gasteiger partial charge on any atom is -0.505 e. The lowest BCUT2D eigenvalue weighted by atomic mass is 10.1. The highest BCUT2D eigenvalue weighted by molar-refractivity contribution is 7.94. The Bertz CT molecular complexity index is 1480. The van der Waals surface area contributed by atoms with E-state index < -0.39 is 0 Å². The molecule has 5 aromatic carbocycles. The summed E-state index contributed by atoms with van der Waals surface area (Å²) in [5, 5.41) is 42.5. The molecule has 0 unspecified atom stereocenters. The van der Waals surface area contributed by atoms with Crippen LogP contribution in [0.5, 0.6) is 5.75 Å². The Kier molecular flexibility index (Phi) is 30.1. The second-order valence-electron chi connectivity index (χ2n) is 8.80. The number of azo groups is 2. The van der Waals surface area contributed by atoms with Crippen LogP contribution in [0.2, 0.25) is 0 Å². The van der Waals surface area contributed by atoms with Gasteiger partial charge < -0.3 is 5.11 Å². The number of fused-ring (bicyclic) bond motifs is 2. The largest absolute Gasteiger partial charge is 0.505 e. The summed E-state index contributed by atoms with van der Waals surface area (Å²) in [5.74, 6) is -0.0488. The molecule has 0 aliphatic heterocycles. The Morgan fingerprint density at radius 2 is 0.979 bits per heavy atom. The lowest BCUT2D eigenvalue weighted by Gasteiger charge is -2.08. The van der Waals surface area contributed by atoms with Gasteiger partial charge in [0.05, 0.1) is 28.3 Å². The van der Waals surface area contributed by atoms with E-state index >= 15 is 0 Å². The van der Waals surface area contributed by atoms with Gasteiger partial charge in [-0.3, -0.25) is 0 Å². The SMILES string of the molecule is CC.CC.CC.CCC.CCC.CN=Nc1ccc(N=Nc2c(SOOO)cc3ccccc3c2O)cc1.c1ccc2ccccc2c1. The minimum atomic E-state index is -0.0488. The molecule has 5 rings (SSSR count). The second kappa shape index (κ2) is 31.4. The van der Waals surface area contributed by atoms with Crippen molar-refractivity contribution in [2.24, 2.45) is 20.5 Å². The Balaban J connectivity index is 0. The molecule has 48 heavy (non-hydrogen) atoms. The van der Waals surface area contributed by atoms with Gasteiger partial charge in [0.25, 0.3) is 0 Å². The van der Waals surface area contributed by atoms with Gasteiger partial charge in [-0.2, -0.15) is 15.3 Å². The predicted octanol–water partition coefficient (Wildman–Crippen LogP) is 14.9. The first-order valence-electron chi connectivity index (χ1n) is 16.7. The van der Waals surface area contributed by atoms with Crippen molar-refractivity contribution in [3.63, 3.8) is 0 Å². The summed E-state index contributed by atoms with van der Waals surface area (Å²) in [7, 11) is 1.59. The lowest BCUT2D eigenvalue weighted by Crippen LogP contribution is -1.83. The first-order valence-corrected chi connectivity index (χ1v) is 17.4. The average molecular weight is 677 g/mol. The molecule has 0 radical (unpaired) electrons. The van der Waals surface area contributed by atoms with Gasteiger partial charge >= 0.3 is 0 Å². The van der Waals surface area contributed by atoms with Crippen molar-refractivity contribution in [3.8, 4) is 5.75 Å². The molecule has 9 heteroatoms. The number of aromatic hydroxyl groups is 1. The van der Waals surface area contributed by atoms with E-state index in [1.54, 1.807) is 43.4 Å². The summed E-state index contributed by atoms with van der Waals surface area (Å²) >= 11 is 0.707. The first-order chi connectivity index (χ1) is 23.5. The Morgan fingerprint density at radius 1 is 0.583 bits per heavy atom. The van der Waals surface area contributed by atoms with E-state index in [4.69, 9.17) is 5.26 Å². The van der Waals surface area contributed by atoms with Crippen molar-refractivity contribution >= 4 is 50.6 Å². The van der Waals surface area contributed by atoms with Gasteiger partial charge in [0.15, 0.2) is 5.75 Å². The summed E-state index contributed by atoms with van der Waals surface area (Å²) in [4.78, 5) is 0.426. The van der Waals surface area contributed by atoms with Gasteiger partial charge in [-0.25, -0.2) is 5.26 Å². The van der Waals surface area contributed by atoms with Crippen molar-refractivity contribution in [2.45, 2.75) is 87.0 Å². The zero-order valence-corrected chi connectivity index (χ0v) is 31.5. The van der Waals surface area contributed by atoms with Crippen LogP contribution in [-0.2, 0) is 9.37 Å². The molecule has 5 aromatic rings. The molecule has 0 bridgehead atoms. The zero-order chi connectivity index (χ0) is 36.6. The van der Waals surface area contributed by atoms with Crippen LogP contribution in [0.25, 0.3) is 21.5 Å². The monoisotopic (exact) mass is 676 g/mol. The van der Waals surface area contributed by atoms with Crippen LogP contribution in [0.15, 0.2) is 128 Å². The van der Waals surface area contributed by atoms with E-state index in [9.17, 15) is 5.11 Å². The summed E-state index contributed by atoms with van der Waals surface area (Å²) in [5.41, 5.74) is 1.47. The van der Waals surface area contributed by atoms with Crippen molar-refractivity contribution in [3.05, 3.63) is 103 Å². The van der Waals surface area contributed by atoms with E-state index in [0.29, 0.717) is 33.7 Å². The summed E-state index contributed by atoms with van der Waals surface area (Å²) < 4.78 is 4.50. The first kappa shape index (κ1) is 46.0. The third kappa shape index (κ3) is 17.7. The minimum absolute atomic E-state index is 0.0488. The highest BCUT2D eigenvalue weighted by Gasteiger charge is 2.14. The Morgan fingerprint density at radius 3 is 1.40 bits per heavy atom. The number of phenols is 1. The maximum Gasteiger partial charge on any atom is 0.152 e. The van der Waals surface area contributed by atoms with E-state index in [1.807, 2.05) is 59.7 Å². The van der Waals surface area contributed by atoms with Crippen LogP contribution in [-0.4, -0.2) is 17.4 Å². The normalized spacial score (nSPS) is 9.58. The molecule has 0 fully saturated rings. The van der Waals surface area contributed by atoms with Crippen molar-refractivity contribution < 1.29 is 19.7 Å². The molecule has 262 valence electrons. The number of hydrogen-bond donors (Lipinski definition) is 2. The van der Waals surface area contributed by atoms with Crippen molar-refractivity contribution in [2.75, 3.05) is 7.05 Å². The number of benzene rings is 5. The van der Waals surface area contributed by atoms with Crippen LogP contribution >= 0.6 is 12.0 Å². The molecule has 0 aliphatic carbocycles. The van der Waals surface area contributed by atoms with Gasteiger partial charge in [-0.15, -0.1) is 9.45 Å². The fourth-order valence-electron chi connectivity index (χ4n) is 3.45. The summed E-state index contributed by atoms with van der Waals surface area (Å²) in [6.07, 6.45) is 2.50. The second-order valence-corrected chi connectivity index (χ2v) is 9.54. The van der Waals surface area contributed by atoms with Gasteiger partial charge in [0.1, 0.15) is 5.69 Å². The maximum atomic E-state index is 10.6. The summed E-state index contributed by atoms with van der Waals surface area (Å²) in [6.45, 7) is 20.5. The number of rotatable bonds is 6. The molecule has 0 atom stereocenters. The molecule has 0 heterocycles. The van der Waals surface area contributed by atoms with Crippen LogP contribution < -0.4 is 0 Å². The van der Waals surface area contributed by atoms with Gasteiger partial charge in [0, 0.05) is 12.4 Å². The third-order valence-electron chi connectivity index (χ3n) is 5.10. The van der Waals surface area contributed by atoms with E-state index in [-0.39, 0.29) is 11.4 Å². The average Bonchev–Trinajstić information content (AvgIpc) is 3.15. The maximum absolute atomic E-state index is 10.6. The summed E-state index contributed by atoms with van der Waals surface area (Å²) in [6, 6.07) is 32.7. The van der Waals surface area contributed by atoms with Gasteiger partial charge in [-0.05, 0) is 46.5 Å². The topological polar surface area (TPSA) is 108 Å². The number of phenolic OH excluding ortho intramolecular Hbond substituents is 1. The van der Waals surface area contributed by atoms with Crippen molar-refractivity contribution in [1.29, 1.82) is 0 Å². The number of nitrogens with zero attached hydrogens (tertiary/aromatic N) is 4. The van der Waals surface area contributed by atoms with Crippen LogP contribution in [0.3, 0.4) is 0 Å². The Labute approximate surface area is 293 Å². The highest BCUT2D eigenvalue weighted by atomic mass is 32.2. The van der Waals surface area contributed by atoms with E-state index in [2.05, 4.69) is 106 Å². The van der Waals surface area contributed by atoms with Crippen LogP contribution in [0.1, 0.15) is 82.1 Å². The quantitative estimate of drug-likeness (QED) is 0.0805. The molecule has 0 amide bonds. The predicted molar refractivity (Wildman–Crippen MR) is 207 cm³/mol. The van der Waals surface area contributed by atoms with E-state index in [1.165, 1.54) is 23.6 Å². The fourth-order valence-corrected chi connectivity index (χ4v) is 3.94. The molecule has 0 aromatic heterocycles. The fraction of sp³-hybridized carbons (Fsp3) is 0.333. The zero-order valence-electron chi connectivity index (χ0n) is 30.6. The molecule has 0 spiro atoms. The molecular weight excluding hydrogens is 621 g/mol. The molecule has 0 saturated heterocycles. The molecular formula is C39H56N4O4S. The van der Waals surface area contributed by atoms with Crippen LogP contribution in [0.4, 0.5) is 17.1 Å². The number of hydrogen-bond acceptors (Lipinski definition) is 9. The molecule has 8 nitrogen and oxygen atoms in total. The Hall–Kier alpha value is -4.15. The van der Waals surface area contributed by atoms with Crippen molar-refractivity contribution in [1.82, 2.24) is 0 Å². The third-order valence-corrected chi connectivity index (χ3v) is 5.72. The van der Waals surface area contributed by atoms with Gasteiger partial charge in [-0.1, -0.05) is 160 Å². The van der Waals surface area contributed by atoms with E-state index in [0.717, 1.165) is 5.39 Å². The lowest BCUT2D eigenvalue weighted by molar-refractivity contribution is -0.432. The van der Waals surface area contributed by atoms with Gasteiger partial charge in [0.2, 0.25) is 0 Å². The van der Waals surface area contributed by atoms with Crippen LogP contribution in [0, 0.1) is 0 Å². The highest BCUT2D eigenvalue weighted by Crippen LogP contribution is 2.43.